The lowest BCUT2D eigenvalue weighted by Gasteiger charge is -2.04. The number of rotatable bonds is 6. The Hall–Kier alpha value is -2.99. The van der Waals surface area contributed by atoms with Crippen molar-refractivity contribution < 1.29 is 9.47 Å². The van der Waals surface area contributed by atoms with E-state index in [0.717, 1.165) is 22.6 Å². The maximum atomic E-state index is 9.35. The molecule has 0 bridgehead atoms. The van der Waals surface area contributed by atoms with Crippen LogP contribution in [0.1, 0.15) is 11.1 Å². The Bertz CT molecular complexity index is 692. The first-order valence-corrected chi connectivity index (χ1v) is 6.87. The van der Waals surface area contributed by atoms with Crippen molar-refractivity contribution in [2.24, 2.45) is 0 Å². The third-order valence-electron chi connectivity index (χ3n) is 3.08. The smallest absolute Gasteiger partial charge is 0.119 e. The van der Waals surface area contributed by atoms with Crippen LogP contribution in [0.2, 0.25) is 0 Å². The van der Waals surface area contributed by atoms with Crippen LogP contribution in [0.4, 0.5) is 0 Å². The number of allylic oxidation sites excluding steroid dienone is 1. The molecular weight excluding hydrogens is 274 g/mol. The molecule has 110 valence electrons. The highest BCUT2D eigenvalue weighted by molar-refractivity contribution is 5.89. The van der Waals surface area contributed by atoms with Crippen LogP contribution in [-0.2, 0) is 0 Å². The number of benzene rings is 2. The summed E-state index contributed by atoms with van der Waals surface area (Å²) in [5, 5.41) is 9.35. The minimum atomic E-state index is 0.477. The van der Waals surface area contributed by atoms with Crippen molar-refractivity contribution in [2.75, 3.05) is 13.7 Å². The molecule has 3 heteroatoms. The van der Waals surface area contributed by atoms with Crippen LogP contribution < -0.4 is 9.47 Å². The van der Waals surface area contributed by atoms with Crippen molar-refractivity contribution in [3.05, 3.63) is 72.3 Å². The van der Waals surface area contributed by atoms with Crippen LogP contribution in [0.15, 0.2) is 61.2 Å². The van der Waals surface area contributed by atoms with E-state index in [2.05, 4.69) is 12.6 Å². The summed E-state index contributed by atoms with van der Waals surface area (Å²) in [6.07, 6.45) is 3.55. The molecule has 0 amide bonds. The van der Waals surface area contributed by atoms with Gasteiger partial charge in [-0.3, -0.25) is 0 Å². The first kappa shape index (κ1) is 15.4. The maximum Gasteiger partial charge on any atom is 0.119 e. The number of nitriles is 1. The molecule has 2 rings (SSSR count). The van der Waals surface area contributed by atoms with Gasteiger partial charge in [-0.05, 0) is 53.6 Å². The monoisotopic (exact) mass is 291 g/mol. The largest absolute Gasteiger partial charge is 0.497 e. The molecule has 0 aliphatic heterocycles. The van der Waals surface area contributed by atoms with Gasteiger partial charge in [0, 0.05) is 0 Å². The Balaban J connectivity index is 2.20. The quantitative estimate of drug-likeness (QED) is 0.452. The van der Waals surface area contributed by atoms with E-state index >= 15 is 0 Å². The standard InChI is InChI=1S/C19H17NO2/c1-3-12-22-19-8-4-15(5-9-19)13-17(14-20)16-6-10-18(21-2)11-7-16/h3-11,13H,1,12H2,2H3/b17-13+. The molecule has 0 fully saturated rings. The second kappa shape index (κ2) is 7.70. The fourth-order valence-electron chi connectivity index (χ4n) is 1.93. The van der Waals surface area contributed by atoms with Crippen LogP contribution in [0, 0.1) is 11.3 Å². The topological polar surface area (TPSA) is 42.2 Å². The van der Waals surface area contributed by atoms with E-state index in [4.69, 9.17) is 9.47 Å². The molecule has 0 saturated carbocycles. The second-order valence-corrected chi connectivity index (χ2v) is 4.57. The van der Waals surface area contributed by atoms with Gasteiger partial charge in [-0.15, -0.1) is 0 Å². The zero-order chi connectivity index (χ0) is 15.8. The summed E-state index contributed by atoms with van der Waals surface area (Å²) in [7, 11) is 1.62. The summed E-state index contributed by atoms with van der Waals surface area (Å²) in [5.74, 6) is 1.55. The Kier molecular flexibility index (Phi) is 5.39. The Labute approximate surface area is 130 Å². The summed E-state index contributed by atoms with van der Waals surface area (Å²) in [5.41, 5.74) is 2.40. The average Bonchev–Trinajstić information content (AvgIpc) is 2.59. The van der Waals surface area contributed by atoms with Gasteiger partial charge in [-0.1, -0.05) is 24.8 Å². The maximum absolute atomic E-state index is 9.35. The predicted molar refractivity (Wildman–Crippen MR) is 88.6 cm³/mol. The molecule has 2 aromatic rings. The van der Waals surface area contributed by atoms with Crippen LogP contribution >= 0.6 is 0 Å². The van der Waals surface area contributed by atoms with E-state index in [-0.39, 0.29) is 0 Å². The number of methoxy groups -OCH3 is 1. The van der Waals surface area contributed by atoms with Gasteiger partial charge >= 0.3 is 0 Å². The lowest BCUT2D eigenvalue weighted by molar-refractivity contribution is 0.363. The Morgan fingerprint density at radius 1 is 1.09 bits per heavy atom. The van der Waals surface area contributed by atoms with Gasteiger partial charge < -0.3 is 9.47 Å². The van der Waals surface area contributed by atoms with Crippen molar-refractivity contribution in [3.8, 4) is 17.6 Å². The van der Waals surface area contributed by atoms with E-state index in [1.54, 1.807) is 13.2 Å². The number of hydrogen-bond donors (Lipinski definition) is 0. The molecule has 3 nitrogen and oxygen atoms in total. The lowest BCUT2D eigenvalue weighted by atomic mass is 10.0. The summed E-state index contributed by atoms with van der Waals surface area (Å²) in [4.78, 5) is 0. The van der Waals surface area contributed by atoms with Gasteiger partial charge in [0.15, 0.2) is 0 Å². The Morgan fingerprint density at radius 3 is 2.27 bits per heavy atom. The number of hydrogen-bond acceptors (Lipinski definition) is 3. The van der Waals surface area contributed by atoms with Crippen LogP contribution in [-0.4, -0.2) is 13.7 Å². The molecule has 0 spiro atoms. The van der Waals surface area contributed by atoms with E-state index in [1.807, 2.05) is 54.6 Å². The summed E-state index contributed by atoms with van der Waals surface area (Å²) < 4.78 is 10.6. The molecule has 0 heterocycles. The van der Waals surface area contributed by atoms with Crippen molar-refractivity contribution >= 4 is 11.6 Å². The minimum absolute atomic E-state index is 0.477. The van der Waals surface area contributed by atoms with Gasteiger partial charge in [0.2, 0.25) is 0 Å². The zero-order valence-corrected chi connectivity index (χ0v) is 12.5. The van der Waals surface area contributed by atoms with Gasteiger partial charge in [0.25, 0.3) is 0 Å². The lowest BCUT2D eigenvalue weighted by Crippen LogP contribution is -1.92. The highest BCUT2D eigenvalue weighted by Gasteiger charge is 2.02. The molecule has 0 aliphatic carbocycles. The average molecular weight is 291 g/mol. The third kappa shape index (κ3) is 4.00. The molecule has 22 heavy (non-hydrogen) atoms. The van der Waals surface area contributed by atoms with Crippen molar-refractivity contribution in [2.45, 2.75) is 0 Å². The SMILES string of the molecule is C=CCOc1ccc(/C=C(\C#N)c2ccc(OC)cc2)cc1. The van der Waals surface area contributed by atoms with E-state index in [1.165, 1.54) is 0 Å². The molecule has 0 atom stereocenters. The Morgan fingerprint density at radius 2 is 1.73 bits per heavy atom. The molecule has 0 N–H and O–H groups in total. The predicted octanol–water partition coefficient (Wildman–Crippen LogP) is 4.32. The highest BCUT2D eigenvalue weighted by atomic mass is 16.5. The number of nitrogens with zero attached hydrogens (tertiary/aromatic N) is 1. The van der Waals surface area contributed by atoms with Gasteiger partial charge in [0.05, 0.1) is 18.8 Å². The molecule has 0 unspecified atom stereocenters. The van der Waals surface area contributed by atoms with E-state index in [9.17, 15) is 5.26 Å². The van der Waals surface area contributed by atoms with Gasteiger partial charge in [-0.2, -0.15) is 5.26 Å². The summed E-state index contributed by atoms with van der Waals surface area (Å²) in [6, 6.07) is 17.2. The fraction of sp³-hybridized carbons (Fsp3) is 0.105. The van der Waals surface area contributed by atoms with Crippen LogP contribution in [0.25, 0.3) is 11.6 Å². The molecule has 2 aromatic carbocycles. The van der Waals surface area contributed by atoms with Gasteiger partial charge in [0.1, 0.15) is 18.1 Å². The summed E-state index contributed by atoms with van der Waals surface area (Å²) >= 11 is 0. The van der Waals surface area contributed by atoms with E-state index in [0.29, 0.717) is 12.2 Å². The second-order valence-electron chi connectivity index (χ2n) is 4.57. The van der Waals surface area contributed by atoms with Gasteiger partial charge in [-0.25, -0.2) is 0 Å². The third-order valence-corrected chi connectivity index (χ3v) is 3.08. The fourth-order valence-corrected chi connectivity index (χ4v) is 1.93. The van der Waals surface area contributed by atoms with E-state index < -0.39 is 0 Å². The van der Waals surface area contributed by atoms with Crippen molar-refractivity contribution in [1.82, 2.24) is 0 Å². The molecule has 0 radical (unpaired) electrons. The minimum Gasteiger partial charge on any atom is -0.497 e. The highest BCUT2D eigenvalue weighted by Crippen LogP contribution is 2.21. The van der Waals surface area contributed by atoms with Crippen molar-refractivity contribution in [3.63, 3.8) is 0 Å². The first-order valence-electron chi connectivity index (χ1n) is 6.87. The zero-order valence-electron chi connectivity index (χ0n) is 12.5. The van der Waals surface area contributed by atoms with Crippen LogP contribution in [0.3, 0.4) is 0 Å². The first-order chi connectivity index (χ1) is 10.8. The van der Waals surface area contributed by atoms with Crippen molar-refractivity contribution in [1.29, 1.82) is 5.26 Å². The van der Waals surface area contributed by atoms with Crippen LogP contribution in [0.5, 0.6) is 11.5 Å². The molecule has 0 saturated heterocycles. The number of ether oxygens (including phenoxy) is 2. The normalized spacial score (nSPS) is 10.6. The molecule has 0 aromatic heterocycles. The summed E-state index contributed by atoms with van der Waals surface area (Å²) in [6.45, 7) is 4.09. The molecule has 0 aliphatic rings. The molecular formula is C19H17NO2.